The number of benzene rings is 2. The molecule has 106 valence electrons. The Kier molecular flexibility index (Phi) is 3.47. The van der Waals surface area contributed by atoms with Crippen LogP contribution in [0.1, 0.15) is 0 Å². The molecule has 6 heteroatoms. The number of nitrogens with zero attached hydrogens (tertiary/aromatic N) is 1. The lowest BCUT2D eigenvalue weighted by Gasteiger charge is -2.12. The first-order valence-electron chi connectivity index (χ1n) is 6.10. The van der Waals surface area contributed by atoms with Gasteiger partial charge in [0, 0.05) is 40.6 Å². The van der Waals surface area contributed by atoms with E-state index < -0.39 is 11.6 Å². The van der Waals surface area contributed by atoms with E-state index in [0.29, 0.717) is 11.4 Å². The van der Waals surface area contributed by atoms with Crippen molar-refractivity contribution >= 4 is 43.8 Å². The Morgan fingerprint density at radius 1 is 1.00 bits per heavy atom. The van der Waals surface area contributed by atoms with Gasteiger partial charge >= 0.3 is 0 Å². The van der Waals surface area contributed by atoms with Crippen molar-refractivity contribution in [2.24, 2.45) is 0 Å². The predicted octanol–water partition coefficient (Wildman–Crippen LogP) is 4.60. The third-order valence-electron chi connectivity index (χ3n) is 3.13. The van der Waals surface area contributed by atoms with Gasteiger partial charge in [-0.15, -0.1) is 0 Å². The molecule has 1 aromatic heterocycles. The van der Waals surface area contributed by atoms with Crippen LogP contribution in [-0.2, 0) is 0 Å². The summed E-state index contributed by atoms with van der Waals surface area (Å²) in [5.74, 6) is -1.09. The van der Waals surface area contributed by atoms with Gasteiger partial charge in [-0.05, 0) is 40.2 Å². The number of hydrogen-bond donors (Lipinski definition) is 2. The Bertz CT molecular complexity index is 837. The van der Waals surface area contributed by atoms with Gasteiger partial charge in [0.05, 0.1) is 10.2 Å². The Morgan fingerprint density at radius 2 is 1.81 bits per heavy atom. The van der Waals surface area contributed by atoms with Crippen molar-refractivity contribution in [3.63, 3.8) is 0 Å². The number of nitrogen functional groups attached to an aromatic ring is 1. The van der Waals surface area contributed by atoms with E-state index in [1.807, 2.05) is 0 Å². The van der Waals surface area contributed by atoms with E-state index in [1.165, 1.54) is 0 Å². The van der Waals surface area contributed by atoms with Crippen molar-refractivity contribution in [2.45, 2.75) is 0 Å². The van der Waals surface area contributed by atoms with E-state index in [0.717, 1.165) is 22.9 Å². The van der Waals surface area contributed by atoms with Crippen molar-refractivity contribution in [1.82, 2.24) is 4.98 Å². The van der Waals surface area contributed by atoms with Crippen molar-refractivity contribution < 1.29 is 8.78 Å². The summed E-state index contributed by atoms with van der Waals surface area (Å²) < 4.78 is 27.5. The Hall–Kier alpha value is -2.21. The second kappa shape index (κ2) is 5.29. The summed E-state index contributed by atoms with van der Waals surface area (Å²) >= 11 is 2.95. The van der Waals surface area contributed by atoms with Crippen LogP contribution >= 0.6 is 15.9 Å². The molecule has 0 aliphatic rings. The molecule has 3 nitrogen and oxygen atoms in total. The molecule has 0 aliphatic heterocycles. The topological polar surface area (TPSA) is 50.9 Å². The molecule has 0 amide bonds. The van der Waals surface area contributed by atoms with Crippen LogP contribution in [0.4, 0.5) is 25.8 Å². The summed E-state index contributed by atoms with van der Waals surface area (Å²) in [4.78, 5) is 4.02. The minimum Gasteiger partial charge on any atom is -0.398 e. The van der Waals surface area contributed by atoms with Crippen LogP contribution in [0.2, 0.25) is 0 Å². The molecule has 3 aromatic rings. The molecule has 0 bridgehead atoms. The van der Waals surface area contributed by atoms with Crippen LogP contribution in [-0.4, -0.2) is 4.98 Å². The number of pyridine rings is 1. The summed E-state index contributed by atoms with van der Waals surface area (Å²) in [6.45, 7) is 0. The number of hydrogen-bond acceptors (Lipinski definition) is 3. The Balaban J connectivity index is 2.11. The van der Waals surface area contributed by atoms with Gasteiger partial charge in [-0.1, -0.05) is 0 Å². The fourth-order valence-electron chi connectivity index (χ4n) is 2.08. The fourth-order valence-corrected chi connectivity index (χ4v) is 2.40. The van der Waals surface area contributed by atoms with E-state index in [4.69, 9.17) is 5.73 Å². The van der Waals surface area contributed by atoms with Crippen LogP contribution in [0.15, 0.2) is 47.2 Å². The summed E-state index contributed by atoms with van der Waals surface area (Å²) in [6.07, 6.45) is 3.25. The first-order valence-corrected chi connectivity index (χ1v) is 6.89. The second-order valence-corrected chi connectivity index (χ2v) is 5.35. The molecule has 0 atom stereocenters. The Morgan fingerprint density at radius 3 is 2.62 bits per heavy atom. The van der Waals surface area contributed by atoms with Gasteiger partial charge < -0.3 is 11.1 Å². The summed E-state index contributed by atoms with van der Waals surface area (Å²) in [7, 11) is 0. The van der Waals surface area contributed by atoms with Crippen LogP contribution < -0.4 is 11.1 Å². The summed E-state index contributed by atoms with van der Waals surface area (Å²) in [5, 5.41) is 4.43. The number of aromatic nitrogens is 1. The minimum absolute atomic E-state index is 0.0542. The average Bonchev–Trinajstić information content (AvgIpc) is 2.48. The van der Waals surface area contributed by atoms with Gasteiger partial charge in [0.1, 0.15) is 11.6 Å². The van der Waals surface area contributed by atoms with Crippen molar-refractivity contribution in [1.29, 1.82) is 0 Å². The SMILES string of the molecule is Nc1ccc(Nc2cc(F)c(Br)cc2F)c2ccncc12. The van der Waals surface area contributed by atoms with Crippen LogP contribution in [0.25, 0.3) is 10.8 Å². The molecular weight excluding hydrogens is 340 g/mol. The highest BCUT2D eigenvalue weighted by Crippen LogP contribution is 2.32. The lowest BCUT2D eigenvalue weighted by atomic mass is 10.1. The molecule has 0 radical (unpaired) electrons. The normalized spacial score (nSPS) is 10.8. The fraction of sp³-hybridized carbons (Fsp3) is 0. The molecule has 3 N–H and O–H groups in total. The summed E-state index contributed by atoms with van der Waals surface area (Å²) in [5.41, 5.74) is 7.14. The number of anilines is 3. The molecule has 0 aliphatic carbocycles. The van der Waals surface area contributed by atoms with Crippen molar-refractivity contribution in [3.8, 4) is 0 Å². The zero-order valence-corrected chi connectivity index (χ0v) is 12.3. The maximum Gasteiger partial charge on any atom is 0.147 e. The van der Waals surface area contributed by atoms with Crippen LogP contribution in [0.5, 0.6) is 0 Å². The lowest BCUT2D eigenvalue weighted by molar-refractivity contribution is 0.598. The van der Waals surface area contributed by atoms with E-state index in [-0.39, 0.29) is 10.2 Å². The monoisotopic (exact) mass is 349 g/mol. The highest BCUT2D eigenvalue weighted by atomic mass is 79.9. The zero-order chi connectivity index (χ0) is 15.0. The molecule has 1 heterocycles. The predicted molar refractivity (Wildman–Crippen MR) is 83.5 cm³/mol. The van der Waals surface area contributed by atoms with Gasteiger partial charge in [-0.25, -0.2) is 8.78 Å². The molecule has 0 saturated heterocycles. The van der Waals surface area contributed by atoms with Gasteiger partial charge in [0.2, 0.25) is 0 Å². The lowest BCUT2D eigenvalue weighted by Crippen LogP contribution is -1.98. The zero-order valence-electron chi connectivity index (χ0n) is 10.7. The number of rotatable bonds is 2. The number of nitrogens with one attached hydrogen (secondary N) is 1. The van der Waals surface area contributed by atoms with Gasteiger partial charge in [-0.2, -0.15) is 0 Å². The third-order valence-corrected chi connectivity index (χ3v) is 3.74. The number of halogens is 3. The maximum absolute atomic E-state index is 13.9. The smallest absolute Gasteiger partial charge is 0.147 e. The first-order chi connectivity index (χ1) is 10.1. The highest BCUT2D eigenvalue weighted by molar-refractivity contribution is 9.10. The minimum atomic E-state index is -0.553. The molecule has 0 spiro atoms. The van der Waals surface area contributed by atoms with Gasteiger partial charge in [0.15, 0.2) is 0 Å². The quantitative estimate of drug-likeness (QED) is 0.525. The van der Waals surface area contributed by atoms with Crippen molar-refractivity contribution in [3.05, 3.63) is 58.8 Å². The number of fused-ring (bicyclic) bond motifs is 1. The van der Waals surface area contributed by atoms with E-state index >= 15 is 0 Å². The first kappa shape index (κ1) is 13.8. The molecule has 0 fully saturated rings. The third kappa shape index (κ3) is 2.54. The van der Waals surface area contributed by atoms with E-state index in [9.17, 15) is 8.78 Å². The average molecular weight is 350 g/mol. The standard InChI is InChI=1S/C15H10BrF2N3/c16-10-5-12(18)15(6-11(10)17)21-14-2-1-13(19)9-7-20-4-3-8(9)14/h1-7,21H,19H2. The maximum atomic E-state index is 13.9. The van der Waals surface area contributed by atoms with Crippen LogP contribution in [0, 0.1) is 11.6 Å². The number of nitrogens with two attached hydrogens (primary N) is 1. The Labute approximate surface area is 127 Å². The van der Waals surface area contributed by atoms with E-state index in [2.05, 4.69) is 26.2 Å². The molecule has 21 heavy (non-hydrogen) atoms. The molecule has 2 aromatic carbocycles. The molecule has 0 unspecified atom stereocenters. The summed E-state index contributed by atoms with van der Waals surface area (Å²) in [6, 6.07) is 7.36. The second-order valence-electron chi connectivity index (χ2n) is 4.49. The van der Waals surface area contributed by atoms with Gasteiger partial charge in [-0.3, -0.25) is 4.98 Å². The highest BCUT2D eigenvalue weighted by Gasteiger charge is 2.10. The molecular formula is C15H10BrF2N3. The van der Waals surface area contributed by atoms with Crippen molar-refractivity contribution in [2.75, 3.05) is 11.1 Å². The van der Waals surface area contributed by atoms with E-state index in [1.54, 1.807) is 30.6 Å². The molecule has 3 rings (SSSR count). The largest absolute Gasteiger partial charge is 0.398 e. The molecule has 0 saturated carbocycles. The van der Waals surface area contributed by atoms with Gasteiger partial charge in [0.25, 0.3) is 0 Å². The van der Waals surface area contributed by atoms with Crippen LogP contribution in [0.3, 0.4) is 0 Å².